The number of ether oxygens (including phenoxy) is 1. The quantitative estimate of drug-likeness (QED) is 0.610. The third-order valence-corrected chi connectivity index (χ3v) is 6.17. The van der Waals surface area contributed by atoms with Gasteiger partial charge in [0.1, 0.15) is 6.61 Å². The monoisotopic (exact) mass is 435 g/mol. The van der Waals surface area contributed by atoms with E-state index < -0.39 is 5.97 Å². The van der Waals surface area contributed by atoms with Gasteiger partial charge in [-0.25, -0.2) is 9.67 Å². The van der Waals surface area contributed by atoms with Gasteiger partial charge in [-0.3, -0.25) is 9.69 Å². The number of carboxylic acids is 1. The molecule has 0 unspecified atom stereocenters. The Morgan fingerprint density at radius 3 is 2.83 bits per heavy atom. The fraction of sp³-hybridized carbons (Fsp3) is 0.421. The first kappa shape index (κ1) is 19.9. The number of nitrogens with zero attached hydrogens (tertiary/aromatic N) is 5. The molecule has 154 valence electrons. The van der Waals surface area contributed by atoms with Crippen LogP contribution in [0.2, 0.25) is 5.02 Å². The lowest BCUT2D eigenvalue weighted by atomic mass is 10.3. The maximum absolute atomic E-state index is 10.8. The highest BCUT2D eigenvalue weighted by atomic mass is 35.5. The van der Waals surface area contributed by atoms with E-state index in [1.165, 1.54) is 0 Å². The van der Waals surface area contributed by atoms with E-state index in [1.807, 2.05) is 18.2 Å². The Kier molecular flexibility index (Phi) is 5.89. The summed E-state index contributed by atoms with van der Waals surface area (Å²) < 4.78 is 8.49. The van der Waals surface area contributed by atoms with E-state index in [4.69, 9.17) is 26.4 Å². The van der Waals surface area contributed by atoms with Crippen molar-refractivity contribution >= 4 is 44.3 Å². The molecule has 29 heavy (non-hydrogen) atoms. The zero-order valence-corrected chi connectivity index (χ0v) is 17.6. The molecule has 0 atom stereocenters. The predicted octanol–water partition coefficient (Wildman–Crippen LogP) is 2.51. The zero-order valence-electron chi connectivity index (χ0n) is 16.0. The number of aliphatic carboxylic acids is 1. The molecule has 10 heteroatoms. The number of carbonyl (C=O) groups is 1. The standard InChI is InChI=1S/C19H22ClN5O3S/c1-23-17(11-14(22-23)12-18(26)27)28-9-8-24-4-6-25(7-5-24)19-21-15-3-2-13(20)10-16(15)29-19/h2-3,10-11H,4-9,12H2,1H3,(H,26,27). The van der Waals surface area contributed by atoms with Crippen molar-refractivity contribution in [3.63, 3.8) is 0 Å². The fourth-order valence-electron chi connectivity index (χ4n) is 3.35. The molecule has 3 aromatic rings. The molecule has 1 aliphatic heterocycles. The minimum atomic E-state index is -0.899. The van der Waals surface area contributed by atoms with Gasteiger partial charge < -0.3 is 14.7 Å². The molecule has 1 fully saturated rings. The van der Waals surface area contributed by atoms with E-state index in [0.29, 0.717) is 18.2 Å². The first-order valence-corrected chi connectivity index (χ1v) is 10.6. The van der Waals surface area contributed by atoms with Crippen LogP contribution < -0.4 is 9.64 Å². The SMILES string of the molecule is Cn1nc(CC(=O)O)cc1OCCN1CCN(c2nc3ccc(Cl)cc3s2)CC1. The molecule has 1 saturated heterocycles. The van der Waals surface area contributed by atoms with Gasteiger partial charge >= 0.3 is 5.97 Å². The fourth-order valence-corrected chi connectivity index (χ4v) is 4.64. The molecule has 0 spiro atoms. The number of aryl methyl sites for hydroxylation is 1. The topological polar surface area (TPSA) is 83.7 Å². The molecular weight excluding hydrogens is 414 g/mol. The molecule has 2 aromatic heterocycles. The number of rotatable bonds is 7. The van der Waals surface area contributed by atoms with Gasteiger partial charge in [-0.15, -0.1) is 0 Å². The second-order valence-corrected chi connectivity index (χ2v) is 8.40. The van der Waals surface area contributed by atoms with Gasteiger partial charge in [-0.2, -0.15) is 5.10 Å². The third kappa shape index (κ3) is 4.80. The van der Waals surface area contributed by atoms with Crippen LogP contribution in [0, 0.1) is 0 Å². The van der Waals surface area contributed by atoms with Gasteiger partial charge in [0.2, 0.25) is 5.88 Å². The van der Waals surface area contributed by atoms with Gasteiger partial charge in [0.15, 0.2) is 5.13 Å². The maximum atomic E-state index is 10.8. The Hall–Kier alpha value is -2.36. The van der Waals surface area contributed by atoms with Crippen molar-refractivity contribution in [1.29, 1.82) is 0 Å². The highest BCUT2D eigenvalue weighted by Gasteiger charge is 2.20. The number of carboxylic acid groups (broad SMARTS) is 1. The second kappa shape index (κ2) is 8.56. The van der Waals surface area contributed by atoms with Crippen molar-refractivity contribution in [2.45, 2.75) is 6.42 Å². The zero-order chi connectivity index (χ0) is 20.4. The van der Waals surface area contributed by atoms with E-state index in [0.717, 1.165) is 53.1 Å². The predicted molar refractivity (Wildman–Crippen MR) is 113 cm³/mol. The number of anilines is 1. The van der Waals surface area contributed by atoms with Gasteiger partial charge in [0, 0.05) is 50.9 Å². The van der Waals surface area contributed by atoms with E-state index in [2.05, 4.69) is 14.9 Å². The summed E-state index contributed by atoms with van der Waals surface area (Å²) in [6.45, 7) is 5.06. The van der Waals surface area contributed by atoms with Crippen molar-refractivity contribution in [3.05, 3.63) is 35.0 Å². The van der Waals surface area contributed by atoms with Crippen LogP contribution in [-0.4, -0.2) is 70.1 Å². The highest BCUT2D eigenvalue weighted by Crippen LogP contribution is 2.31. The Morgan fingerprint density at radius 1 is 1.28 bits per heavy atom. The molecule has 1 aromatic carbocycles. The highest BCUT2D eigenvalue weighted by molar-refractivity contribution is 7.22. The molecule has 1 N–H and O–H groups in total. The van der Waals surface area contributed by atoms with E-state index >= 15 is 0 Å². The molecule has 0 aliphatic carbocycles. The van der Waals surface area contributed by atoms with Crippen LogP contribution in [0.4, 0.5) is 5.13 Å². The Morgan fingerprint density at radius 2 is 2.07 bits per heavy atom. The lowest BCUT2D eigenvalue weighted by molar-refractivity contribution is -0.136. The number of halogens is 1. The normalized spacial score (nSPS) is 15.2. The Labute approximate surface area is 177 Å². The van der Waals surface area contributed by atoms with Crippen molar-refractivity contribution in [2.24, 2.45) is 7.05 Å². The van der Waals surface area contributed by atoms with Crippen molar-refractivity contribution in [1.82, 2.24) is 19.7 Å². The van der Waals surface area contributed by atoms with E-state index in [1.54, 1.807) is 29.1 Å². The van der Waals surface area contributed by atoms with E-state index in [-0.39, 0.29) is 6.42 Å². The smallest absolute Gasteiger partial charge is 0.309 e. The summed E-state index contributed by atoms with van der Waals surface area (Å²) in [5.74, 6) is -0.309. The maximum Gasteiger partial charge on any atom is 0.309 e. The molecule has 4 rings (SSSR count). The average Bonchev–Trinajstić information content (AvgIpc) is 3.24. The summed E-state index contributed by atoms with van der Waals surface area (Å²) in [6, 6.07) is 7.49. The number of hydrogen-bond donors (Lipinski definition) is 1. The molecule has 0 bridgehead atoms. The number of fused-ring (bicyclic) bond motifs is 1. The van der Waals surface area contributed by atoms with Gasteiger partial charge in [-0.1, -0.05) is 22.9 Å². The number of thiazole rings is 1. The summed E-state index contributed by atoms with van der Waals surface area (Å²) in [6.07, 6.45) is -0.100. The van der Waals surface area contributed by atoms with Crippen LogP contribution in [0.3, 0.4) is 0 Å². The molecule has 0 radical (unpaired) electrons. The molecule has 3 heterocycles. The van der Waals surface area contributed by atoms with Gasteiger partial charge in [0.25, 0.3) is 0 Å². The number of piperazine rings is 1. The molecule has 8 nitrogen and oxygen atoms in total. The minimum absolute atomic E-state index is 0.100. The lowest BCUT2D eigenvalue weighted by Crippen LogP contribution is -2.47. The Bertz CT molecular complexity index is 1010. The first-order valence-electron chi connectivity index (χ1n) is 9.39. The minimum Gasteiger partial charge on any atom is -0.481 e. The largest absolute Gasteiger partial charge is 0.481 e. The Balaban J connectivity index is 1.26. The summed E-state index contributed by atoms with van der Waals surface area (Å²) in [7, 11) is 1.75. The van der Waals surface area contributed by atoms with Gasteiger partial charge in [0.05, 0.1) is 22.3 Å². The lowest BCUT2D eigenvalue weighted by Gasteiger charge is -2.34. The van der Waals surface area contributed by atoms with Gasteiger partial charge in [-0.05, 0) is 18.2 Å². The average molecular weight is 436 g/mol. The summed E-state index contributed by atoms with van der Waals surface area (Å²) in [4.78, 5) is 20.2. The van der Waals surface area contributed by atoms with Crippen LogP contribution in [0.1, 0.15) is 5.69 Å². The summed E-state index contributed by atoms with van der Waals surface area (Å²) >= 11 is 7.75. The molecular formula is C19H22ClN5O3S. The third-order valence-electron chi connectivity index (χ3n) is 4.86. The second-order valence-electron chi connectivity index (χ2n) is 6.95. The molecule has 1 aliphatic rings. The number of benzene rings is 1. The summed E-state index contributed by atoms with van der Waals surface area (Å²) in [5.41, 5.74) is 1.49. The van der Waals surface area contributed by atoms with Crippen molar-refractivity contribution < 1.29 is 14.6 Å². The first-order chi connectivity index (χ1) is 14.0. The number of hydrogen-bond acceptors (Lipinski definition) is 7. The van der Waals surface area contributed by atoms with Crippen LogP contribution >= 0.6 is 22.9 Å². The molecule has 0 saturated carbocycles. The number of aromatic nitrogens is 3. The van der Waals surface area contributed by atoms with Crippen LogP contribution in [0.25, 0.3) is 10.2 Å². The van der Waals surface area contributed by atoms with E-state index in [9.17, 15) is 4.79 Å². The van der Waals surface area contributed by atoms with Crippen molar-refractivity contribution in [2.75, 3.05) is 44.2 Å². The van der Waals surface area contributed by atoms with Crippen LogP contribution in [0.15, 0.2) is 24.3 Å². The molecule has 0 amide bonds. The van der Waals surface area contributed by atoms with Crippen LogP contribution in [-0.2, 0) is 18.3 Å². The summed E-state index contributed by atoms with van der Waals surface area (Å²) in [5, 5.41) is 14.8. The van der Waals surface area contributed by atoms with Crippen molar-refractivity contribution in [3.8, 4) is 5.88 Å². The van der Waals surface area contributed by atoms with Crippen LogP contribution in [0.5, 0.6) is 5.88 Å².